The summed E-state index contributed by atoms with van der Waals surface area (Å²) in [4.78, 5) is 0. The largest absolute Gasteiger partial charge is 0.384 e. The van der Waals surface area contributed by atoms with Crippen LogP contribution < -0.4 is 0 Å². The maximum absolute atomic E-state index is 13.1. The van der Waals surface area contributed by atoms with Gasteiger partial charge < -0.3 is 5.11 Å². The maximum atomic E-state index is 13.1. The molecule has 1 N–H and O–H groups in total. The Bertz CT molecular complexity index is 519. The minimum Gasteiger partial charge on any atom is -0.384 e. The van der Waals surface area contributed by atoms with Gasteiger partial charge in [0.15, 0.2) is 0 Å². The normalized spacial score (nSPS) is 12.4. The Kier molecular flexibility index (Phi) is 4.69. The molecule has 1 nitrogen and oxygen atoms in total. The lowest BCUT2D eigenvalue weighted by Gasteiger charge is -2.12. The Morgan fingerprint density at radius 3 is 2.42 bits per heavy atom. The van der Waals surface area contributed by atoms with E-state index in [-0.39, 0.29) is 5.82 Å². The van der Waals surface area contributed by atoms with Gasteiger partial charge in [-0.25, -0.2) is 4.39 Å². The summed E-state index contributed by atoms with van der Waals surface area (Å²) in [5.41, 5.74) is 2.66. The number of aliphatic hydroxyl groups is 1. The zero-order valence-corrected chi connectivity index (χ0v) is 11.1. The van der Waals surface area contributed by atoms with E-state index in [0.717, 1.165) is 12.0 Å². The van der Waals surface area contributed by atoms with Crippen molar-refractivity contribution in [2.24, 2.45) is 0 Å². The van der Waals surface area contributed by atoms with Crippen molar-refractivity contribution in [3.63, 3.8) is 0 Å². The van der Waals surface area contributed by atoms with Gasteiger partial charge in [0.2, 0.25) is 0 Å². The molecule has 0 aliphatic rings. The van der Waals surface area contributed by atoms with Crippen LogP contribution in [0.2, 0.25) is 0 Å². The molecule has 100 valence electrons. The van der Waals surface area contributed by atoms with E-state index < -0.39 is 6.10 Å². The predicted molar refractivity (Wildman–Crippen MR) is 75.5 cm³/mol. The Labute approximate surface area is 113 Å². The van der Waals surface area contributed by atoms with E-state index in [1.165, 1.54) is 30.5 Å². The molecule has 0 bridgehead atoms. The molecule has 0 radical (unpaired) electrons. The number of halogens is 1. The fourth-order valence-electron chi connectivity index (χ4n) is 2.12. The highest BCUT2D eigenvalue weighted by atomic mass is 19.1. The van der Waals surface area contributed by atoms with E-state index in [4.69, 9.17) is 0 Å². The van der Waals surface area contributed by atoms with E-state index in [2.05, 4.69) is 6.92 Å². The Balaban J connectivity index is 2.13. The van der Waals surface area contributed by atoms with Crippen molar-refractivity contribution < 1.29 is 9.50 Å². The first-order valence-electron chi connectivity index (χ1n) is 6.73. The van der Waals surface area contributed by atoms with Gasteiger partial charge in [-0.05, 0) is 41.7 Å². The van der Waals surface area contributed by atoms with E-state index in [1.54, 1.807) is 12.1 Å². The van der Waals surface area contributed by atoms with Gasteiger partial charge in [0.1, 0.15) is 11.9 Å². The molecule has 19 heavy (non-hydrogen) atoms. The summed E-state index contributed by atoms with van der Waals surface area (Å²) in [6, 6.07) is 14.0. The molecule has 1 atom stereocenters. The highest BCUT2D eigenvalue weighted by molar-refractivity contribution is 5.32. The quantitative estimate of drug-likeness (QED) is 0.850. The molecule has 2 aromatic carbocycles. The third kappa shape index (κ3) is 3.65. The number of aryl methyl sites for hydroxylation is 1. The molecule has 2 aromatic rings. The second kappa shape index (κ2) is 6.48. The summed E-state index contributed by atoms with van der Waals surface area (Å²) in [5, 5.41) is 10.2. The number of hydrogen-bond donors (Lipinski definition) is 1. The Morgan fingerprint density at radius 2 is 1.79 bits per heavy atom. The van der Waals surface area contributed by atoms with Crippen molar-refractivity contribution in [2.45, 2.75) is 32.3 Å². The smallest absolute Gasteiger partial charge is 0.123 e. The van der Waals surface area contributed by atoms with Gasteiger partial charge in [0.25, 0.3) is 0 Å². The fourth-order valence-corrected chi connectivity index (χ4v) is 2.12. The minimum atomic E-state index is -0.768. The first-order valence-corrected chi connectivity index (χ1v) is 6.73. The second-order valence-corrected chi connectivity index (χ2v) is 4.80. The molecule has 0 saturated heterocycles. The molecule has 1 unspecified atom stereocenters. The first kappa shape index (κ1) is 13.8. The summed E-state index contributed by atoms with van der Waals surface area (Å²) in [6.07, 6.45) is 2.64. The number of rotatable bonds is 5. The van der Waals surface area contributed by atoms with Gasteiger partial charge in [-0.15, -0.1) is 0 Å². The van der Waals surface area contributed by atoms with Crippen molar-refractivity contribution in [2.75, 3.05) is 0 Å². The Morgan fingerprint density at radius 1 is 1.05 bits per heavy atom. The van der Waals surface area contributed by atoms with Crippen LogP contribution in [0, 0.1) is 5.82 Å². The molecule has 0 saturated carbocycles. The number of aliphatic hydroxyl groups excluding tert-OH is 1. The molecular weight excluding hydrogens is 239 g/mol. The molecule has 0 aliphatic carbocycles. The molecule has 0 aromatic heterocycles. The van der Waals surface area contributed by atoms with E-state index >= 15 is 0 Å². The van der Waals surface area contributed by atoms with Gasteiger partial charge in [0, 0.05) is 0 Å². The zero-order chi connectivity index (χ0) is 13.7. The summed E-state index contributed by atoms with van der Waals surface area (Å²) in [6.45, 7) is 2.17. The van der Waals surface area contributed by atoms with Crippen LogP contribution in [-0.2, 0) is 6.42 Å². The molecule has 2 rings (SSSR count). The van der Waals surface area contributed by atoms with Crippen molar-refractivity contribution in [3.8, 4) is 0 Å². The van der Waals surface area contributed by atoms with Crippen LogP contribution in [0.1, 0.15) is 42.6 Å². The lowest BCUT2D eigenvalue weighted by Crippen LogP contribution is -2.00. The SMILES string of the molecule is CCCCc1ccc(C(O)c2cccc(F)c2)cc1. The van der Waals surface area contributed by atoms with Crippen molar-refractivity contribution in [3.05, 3.63) is 71.0 Å². The summed E-state index contributed by atoms with van der Waals surface area (Å²) >= 11 is 0. The van der Waals surface area contributed by atoms with Crippen LogP contribution in [-0.4, -0.2) is 5.11 Å². The average molecular weight is 258 g/mol. The lowest BCUT2D eigenvalue weighted by atomic mass is 9.99. The third-order valence-electron chi connectivity index (χ3n) is 3.28. The molecule has 0 spiro atoms. The van der Waals surface area contributed by atoms with Crippen LogP contribution in [0.5, 0.6) is 0 Å². The van der Waals surface area contributed by atoms with E-state index in [9.17, 15) is 9.50 Å². The standard InChI is InChI=1S/C17H19FO/c1-2-3-5-13-8-10-14(11-9-13)17(19)15-6-4-7-16(18)12-15/h4,6-12,17,19H,2-3,5H2,1H3. The number of hydrogen-bond acceptors (Lipinski definition) is 1. The van der Waals surface area contributed by atoms with Gasteiger partial charge in [-0.1, -0.05) is 49.7 Å². The van der Waals surface area contributed by atoms with Crippen molar-refractivity contribution in [1.29, 1.82) is 0 Å². The van der Waals surface area contributed by atoms with E-state index in [0.29, 0.717) is 5.56 Å². The lowest BCUT2D eigenvalue weighted by molar-refractivity contribution is 0.220. The molecule has 0 amide bonds. The minimum absolute atomic E-state index is 0.323. The van der Waals surface area contributed by atoms with Crippen LogP contribution in [0.3, 0.4) is 0 Å². The highest BCUT2D eigenvalue weighted by Gasteiger charge is 2.10. The Hall–Kier alpha value is -1.67. The van der Waals surface area contributed by atoms with Crippen LogP contribution in [0.25, 0.3) is 0 Å². The second-order valence-electron chi connectivity index (χ2n) is 4.80. The van der Waals surface area contributed by atoms with Crippen LogP contribution in [0.4, 0.5) is 4.39 Å². The average Bonchev–Trinajstić information content (AvgIpc) is 2.45. The van der Waals surface area contributed by atoms with Gasteiger partial charge in [-0.3, -0.25) is 0 Å². The number of benzene rings is 2. The van der Waals surface area contributed by atoms with Gasteiger partial charge in [-0.2, -0.15) is 0 Å². The highest BCUT2D eigenvalue weighted by Crippen LogP contribution is 2.23. The van der Waals surface area contributed by atoms with Crippen molar-refractivity contribution >= 4 is 0 Å². The summed E-state index contributed by atoms with van der Waals surface area (Å²) < 4.78 is 13.1. The topological polar surface area (TPSA) is 20.2 Å². The fraction of sp³-hybridized carbons (Fsp3) is 0.294. The molecule has 2 heteroatoms. The molecule has 0 fully saturated rings. The van der Waals surface area contributed by atoms with Crippen molar-refractivity contribution in [1.82, 2.24) is 0 Å². The van der Waals surface area contributed by atoms with Crippen LogP contribution in [0.15, 0.2) is 48.5 Å². The molecular formula is C17H19FO. The predicted octanol–water partition coefficient (Wildman–Crippen LogP) is 4.25. The summed E-state index contributed by atoms with van der Waals surface area (Å²) in [5.74, 6) is -0.323. The van der Waals surface area contributed by atoms with Gasteiger partial charge in [0.05, 0.1) is 0 Å². The third-order valence-corrected chi connectivity index (χ3v) is 3.28. The van der Waals surface area contributed by atoms with Gasteiger partial charge >= 0.3 is 0 Å². The first-order chi connectivity index (χ1) is 9.20. The summed E-state index contributed by atoms with van der Waals surface area (Å²) in [7, 11) is 0. The van der Waals surface area contributed by atoms with E-state index in [1.807, 2.05) is 24.3 Å². The monoisotopic (exact) mass is 258 g/mol. The van der Waals surface area contributed by atoms with Crippen LogP contribution >= 0.6 is 0 Å². The zero-order valence-electron chi connectivity index (χ0n) is 11.1. The number of unbranched alkanes of at least 4 members (excludes halogenated alkanes) is 1. The molecule has 0 aliphatic heterocycles. The maximum Gasteiger partial charge on any atom is 0.123 e. The molecule has 0 heterocycles.